The number of aromatic nitrogens is 4. The summed E-state index contributed by atoms with van der Waals surface area (Å²) in [6.45, 7) is 0. The quantitative estimate of drug-likeness (QED) is 0.509. The van der Waals surface area contributed by atoms with Gasteiger partial charge in [-0.3, -0.25) is 0 Å². The number of methoxy groups -OCH3 is 3. The third kappa shape index (κ3) is 3.31. The molecule has 0 saturated carbocycles. The molecule has 27 heavy (non-hydrogen) atoms. The molecule has 2 aromatic heterocycles. The van der Waals surface area contributed by atoms with Gasteiger partial charge in [-0.2, -0.15) is 9.61 Å². The lowest BCUT2D eigenvalue weighted by Crippen LogP contribution is -1.95. The lowest BCUT2D eigenvalue weighted by molar-refractivity contribution is 0.355. The van der Waals surface area contributed by atoms with Crippen molar-refractivity contribution in [1.82, 2.24) is 19.8 Å². The van der Waals surface area contributed by atoms with E-state index in [2.05, 4.69) is 10.2 Å². The SMILES string of the molecule is COc1ccc(Cc2nn3c(-c4ccc(OC)c(OC)c4)nnc3s2)cc1. The zero-order valence-electron chi connectivity index (χ0n) is 15.2. The van der Waals surface area contributed by atoms with Crippen molar-refractivity contribution in [3.05, 3.63) is 53.0 Å². The van der Waals surface area contributed by atoms with Gasteiger partial charge in [0.1, 0.15) is 10.8 Å². The Morgan fingerprint density at radius 3 is 2.37 bits per heavy atom. The minimum atomic E-state index is 0.639. The van der Waals surface area contributed by atoms with Gasteiger partial charge >= 0.3 is 0 Å². The number of hydrogen-bond acceptors (Lipinski definition) is 7. The molecule has 2 aromatic carbocycles. The molecule has 0 amide bonds. The molecule has 0 aliphatic heterocycles. The van der Waals surface area contributed by atoms with Gasteiger partial charge in [0.2, 0.25) is 4.96 Å². The number of rotatable bonds is 6. The van der Waals surface area contributed by atoms with Crippen LogP contribution in [-0.4, -0.2) is 41.1 Å². The summed E-state index contributed by atoms with van der Waals surface area (Å²) < 4.78 is 17.6. The van der Waals surface area contributed by atoms with Gasteiger partial charge in [-0.25, -0.2) is 0 Å². The van der Waals surface area contributed by atoms with E-state index in [4.69, 9.17) is 19.3 Å². The second kappa shape index (κ2) is 7.24. The van der Waals surface area contributed by atoms with Crippen LogP contribution in [0.4, 0.5) is 0 Å². The molecule has 138 valence electrons. The monoisotopic (exact) mass is 382 g/mol. The van der Waals surface area contributed by atoms with Gasteiger partial charge in [0.25, 0.3) is 0 Å². The maximum absolute atomic E-state index is 5.38. The predicted molar refractivity (Wildman–Crippen MR) is 103 cm³/mol. The van der Waals surface area contributed by atoms with Gasteiger partial charge < -0.3 is 14.2 Å². The van der Waals surface area contributed by atoms with Gasteiger partial charge in [-0.1, -0.05) is 23.5 Å². The van der Waals surface area contributed by atoms with Crippen LogP contribution in [0.3, 0.4) is 0 Å². The van der Waals surface area contributed by atoms with Crippen molar-refractivity contribution in [3.8, 4) is 28.6 Å². The fourth-order valence-corrected chi connectivity index (χ4v) is 3.67. The van der Waals surface area contributed by atoms with Crippen LogP contribution in [0.15, 0.2) is 42.5 Å². The highest BCUT2D eigenvalue weighted by Crippen LogP contribution is 2.32. The van der Waals surface area contributed by atoms with Crippen molar-refractivity contribution < 1.29 is 14.2 Å². The maximum atomic E-state index is 5.38. The van der Waals surface area contributed by atoms with E-state index in [9.17, 15) is 0 Å². The van der Waals surface area contributed by atoms with Crippen molar-refractivity contribution in [2.75, 3.05) is 21.3 Å². The molecule has 7 nitrogen and oxygen atoms in total. The lowest BCUT2D eigenvalue weighted by atomic mass is 10.1. The van der Waals surface area contributed by atoms with Crippen molar-refractivity contribution in [1.29, 1.82) is 0 Å². The second-order valence-electron chi connectivity index (χ2n) is 5.81. The molecule has 8 heteroatoms. The zero-order chi connectivity index (χ0) is 18.8. The topological polar surface area (TPSA) is 70.8 Å². The molecule has 4 aromatic rings. The maximum Gasteiger partial charge on any atom is 0.234 e. The van der Waals surface area contributed by atoms with Crippen molar-refractivity contribution in [2.45, 2.75) is 6.42 Å². The fraction of sp³-hybridized carbons (Fsp3) is 0.211. The average Bonchev–Trinajstić information content (AvgIpc) is 3.28. The summed E-state index contributed by atoms with van der Waals surface area (Å²) in [6, 6.07) is 13.6. The van der Waals surface area contributed by atoms with Gasteiger partial charge in [0.05, 0.1) is 21.3 Å². The highest BCUT2D eigenvalue weighted by Gasteiger charge is 2.15. The summed E-state index contributed by atoms with van der Waals surface area (Å²) in [5.41, 5.74) is 2.02. The largest absolute Gasteiger partial charge is 0.497 e. The van der Waals surface area contributed by atoms with E-state index in [0.717, 1.165) is 33.3 Å². The normalized spacial score (nSPS) is 10.9. The molecule has 0 spiro atoms. The summed E-state index contributed by atoms with van der Waals surface area (Å²) in [4.78, 5) is 0.753. The van der Waals surface area contributed by atoms with Gasteiger partial charge in [0.15, 0.2) is 17.3 Å². The molecule has 0 aliphatic carbocycles. The average molecular weight is 382 g/mol. The van der Waals surface area contributed by atoms with Crippen LogP contribution in [0.25, 0.3) is 16.3 Å². The zero-order valence-corrected chi connectivity index (χ0v) is 16.0. The van der Waals surface area contributed by atoms with Crippen LogP contribution < -0.4 is 14.2 Å². The summed E-state index contributed by atoms with van der Waals surface area (Å²) in [6.07, 6.45) is 0.726. The Morgan fingerprint density at radius 1 is 0.889 bits per heavy atom. The minimum absolute atomic E-state index is 0.639. The van der Waals surface area contributed by atoms with E-state index in [1.54, 1.807) is 25.8 Å². The summed E-state index contributed by atoms with van der Waals surface area (Å²) >= 11 is 1.53. The van der Waals surface area contributed by atoms with Crippen LogP contribution in [0, 0.1) is 0 Å². The van der Waals surface area contributed by atoms with Gasteiger partial charge in [-0.15, -0.1) is 10.2 Å². The molecule has 0 aliphatic rings. The van der Waals surface area contributed by atoms with E-state index in [-0.39, 0.29) is 0 Å². The molecule has 0 bridgehead atoms. The van der Waals surface area contributed by atoms with Crippen LogP contribution in [0.2, 0.25) is 0 Å². The molecular weight excluding hydrogens is 364 g/mol. The third-order valence-corrected chi connectivity index (χ3v) is 5.09. The van der Waals surface area contributed by atoms with E-state index >= 15 is 0 Å². The number of nitrogens with zero attached hydrogens (tertiary/aromatic N) is 4. The highest BCUT2D eigenvalue weighted by atomic mass is 32.1. The molecule has 0 atom stereocenters. The molecular formula is C19H18N4O3S. The fourth-order valence-electron chi connectivity index (χ4n) is 2.80. The lowest BCUT2D eigenvalue weighted by Gasteiger charge is -2.08. The molecule has 0 unspecified atom stereocenters. The highest BCUT2D eigenvalue weighted by molar-refractivity contribution is 7.16. The number of ether oxygens (including phenoxy) is 3. The van der Waals surface area contributed by atoms with Crippen molar-refractivity contribution in [3.63, 3.8) is 0 Å². The van der Waals surface area contributed by atoms with Crippen LogP contribution in [0.1, 0.15) is 10.6 Å². The van der Waals surface area contributed by atoms with Crippen molar-refractivity contribution in [2.24, 2.45) is 0 Å². The Morgan fingerprint density at radius 2 is 1.67 bits per heavy atom. The van der Waals surface area contributed by atoms with E-state index in [0.29, 0.717) is 17.3 Å². The van der Waals surface area contributed by atoms with E-state index < -0.39 is 0 Å². The number of fused-ring (bicyclic) bond motifs is 1. The number of hydrogen-bond donors (Lipinski definition) is 0. The van der Waals surface area contributed by atoms with Crippen molar-refractivity contribution >= 4 is 16.3 Å². The Labute approximate surface area is 160 Å². The number of benzene rings is 2. The first-order chi connectivity index (χ1) is 13.2. The first-order valence-electron chi connectivity index (χ1n) is 8.28. The molecule has 0 fully saturated rings. The Kier molecular flexibility index (Phi) is 4.64. The predicted octanol–water partition coefficient (Wildman–Crippen LogP) is 3.47. The first-order valence-corrected chi connectivity index (χ1v) is 9.10. The minimum Gasteiger partial charge on any atom is -0.497 e. The van der Waals surface area contributed by atoms with Crippen LogP contribution in [0.5, 0.6) is 17.2 Å². The third-order valence-electron chi connectivity index (χ3n) is 4.19. The van der Waals surface area contributed by atoms with E-state index in [1.807, 2.05) is 42.5 Å². The second-order valence-corrected chi connectivity index (χ2v) is 6.85. The molecule has 2 heterocycles. The van der Waals surface area contributed by atoms with Crippen LogP contribution in [-0.2, 0) is 6.42 Å². The molecule has 0 saturated heterocycles. The molecule has 0 radical (unpaired) electrons. The molecule has 0 N–H and O–H groups in total. The Balaban J connectivity index is 1.65. The smallest absolute Gasteiger partial charge is 0.234 e. The first kappa shape index (κ1) is 17.3. The van der Waals surface area contributed by atoms with Crippen LogP contribution >= 0.6 is 11.3 Å². The Hall–Kier alpha value is -3.13. The summed E-state index contributed by atoms with van der Waals surface area (Å²) in [5.74, 6) is 2.82. The summed E-state index contributed by atoms with van der Waals surface area (Å²) in [5, 5.41) is 14.2. The molecule has 4 rings (SSSR count). The standard InChI is InChI=1S/C19H18N4O3S/c1-24-14-7-4-12(5-8-14)10-17-22-23-18(20-21-19(23)27-17)13-6-9-15(25-2)16(11-13)26-3/h4-9,11H,10H2,1-3H3. The van der Waals surface area contributed by atoms with E-state index in [1.165, 1.54) is 11.3 Å². The van der Waals surface area contributed by atoms with Gasteiger partial charge in [0, 0.05) is 12.0 Å². The van der Waals surface area contributed by atoms with Gasteiger partial charge in [-0.05, 0) is 35.9 Å². The summed E-state index contributed by atoms with van der Waals surface area (Å²) in [7, 11) is 4.88. The Bertz CT molecular complexity index is 1070.